The first-order chi connectivity index (χ1) is 9.63. The van der Waals surface area contributed by atoms with Gasteiger partial charge >= 0.3 is 0 Å². The van der Waals surface area contributed by atoms with Crippen molar-refractivity contribution in [1.29, 1.82) is 0 Å². The zero-order chi connectivity index (χ0) is 14.1. The summed E-state index contributed by atoms with van der Waals surface area (Å²) in [4.78, 5) is 2.60. The number of hydrogen-bond donors (Lipinski definition) is 1. The summed E-state index contributed by atoms with van der Waals surface area (Å²) in [5.41, 5.74) is 1.23. The molecule has 1 saturated carbocycles. The lowest BCUT2D eigenvalue weighted by atomic mass is 10.1. The van der Waals surface area contributed by atoms with Crippen LogP contribution >= 0.6 is 27.5 Å². The van der Waals surface area contributed by atoms with Crippen molar-refractivity contribution in [2.45, 2.75) is 44.8 Å². The highest BCUT2D eigenvalue weighted by molar-refractivity contribution is 9.10. The summed E-state index contributed by atoms with van der Waals surface area (Å²) in [6, 6.07) is 7.51. The zero-order valence-electron chi connectivity index (χ0n) is 11.9. The minimum absolute atomic E-state index is 0.617. The van der Waals surface area contributed by atoms with Gasteiger partial charge in [-0.1, -0.05) is 33.6 Å². The highest BCUT2D eigenvalue weighted by atomic mass is 79.9. The minimum atomic E-state index is 0.617. The lowest BCUT2D eigenvalue weighted by molar-refractivity contribution is 0.191. The van der Waals surface area contributed by atoms with Crippen LogP contribution in [0.4, 0.5) is 0 Å². The van der Waals surface area contributed by atoms with Crippen molar-refractivity contribution in [2.75, 3.05) is 13.1 Å². The van der Waals surface area contributed by atoms with Crippen LogP contribution in [0.5, 0.6) is 0 Å². The van der Waals surface area contributed by atoms with E-state index in [-0.39, 0.29) is 0 Å². The molecule has 0 amide bonds. The molecule has 1 aliphatic heterocycles. The molecule has 2 unspecified atom stereocenters. The van der Waals surface area contributed by atoms with Crippen molar-refractivity contribution in [2.24, 2.45) is 5.92 Å². The number of benzene rings is 1. The molecule has 2 fully saturated rings. The van der Waals surface area contributed by atoms with Crippen molar-refractivity contribution in [1.82, 2.24) is 10.2 Å². The Hall–Kier alpha value is -0.0900. The molecule has 1 aliphatic carbocycles. The van der Waals surface area contributed by atoms with Crippen molar-refractivity contribution in [3.8, 4) is 0 Å². The quantitative estimate of drug-likeness (QED) is 0.877. The van der Waals surface area contributed by atoms with Gasteiger partial charge in [0.2, 0.25) is 0 Å². The van der Waals surface area contributed by atoms with Crippen LogP contribution in [-0.4, -0.2) is 30.1 Å². The van der Waals surface area contributed by atoms with E-state index in [1.54, 1.807) is 0 Å². The molecule has 4 heteroatoms. The Labute approximate surface area is 135 Å². The van der Waals surface area contributed by atoms with Crippen LogP contribution in [0.15, 0.2) is 22.7 Å². The molecular formula is C16H22BrClN2. The summed E-state index contributed by atoms with van der Waals surface area (Å²) in [5.74, 6) is 0.906. The van der Waals surface area contributed by atoms with E-state index in [9.17, 15) is 0 Å². The zero-order valence-corrected chi connectivity index (χ0v) is 14.3. The van der Waals surface area contributed by atoms with Crippen LogP contribution < -0.4 is 5.32 Å². The van der Waals surface area contributed by atoms with Crippen molar-refractivity contribution >= 4 is 27.5 Å². The summed E-state index contributed by atoms with van der Waals surface area (Å²) < 4.78 is 1.05. The molecule has 110 valence electrons. The Morgan fingerprint density at radius 3 is 2.85 bits per heavy atom. The topological polar surface area (TPSA) is 15.3 Å². The van der Waals surface area contributed by atoms with E-state index in [1.807, 2.05) is 6.07 Å². The molecular weight excluding hydrogens is 336 g/mol. The van der Waals surface area contributed by atoms with Gasteiger partial charge in [0.1, 0.15) is 0 Å². The van der Waals surface area contributed by atoms with E-state index in [0.717, 1.165) is 35.0 Å². The van der Waals surface area contributed by atoms with Gasteiger partial charge in [-0.25, -0.2) is 0 Å². The minimum Gasteiger partial charge on any atom is -0.312 e. The van der Waals surface area contributed by atoms with Crippen LogP contribution in [0.3, 0.4) is 0 Å². The molecule has 1 heterocycles. The standard InChI is InChI=1S/C16H22BrClN2/c1-11-6-7-19-16(12-2-3-12)10-20(11)9-13-4-5-14(17)8-15(13)18/h4-5,8,11-12,16,19H,2-3,6-7,9-10H2,1H3. The maximum atomic E-state index is 6.38. The molecule has 1 aromatic rings. The Morgan fingerprint density at radius 1 is 1.35 bits per heavy atom. The second-order valence-corrected chi connectivity index (χ2v) is 7.52. The first kappa shape index (κ1) is 14.8. The number of rotatable bonds is 3. The number of nitrogens with one attached hydrogen (secondary N) is 1. The summed E-state index contributed by atoms with van der Waals surface area (Å²) in [6.07, 6.45) is 4.02. The second-order valence-electron chi connectivity index (χ2n) is 6.20. The van der Waals surface area contributed by atoms with Crippen LogP contribution in [0.25, 0.3) is 0 Å². The van der Waals surface area contributed by atoms with Gasteiger partial charge < -0.3 is 5.32 Å². The van der Waals surface area contributed by atoms with Gasteiger partial charge in [0.25, 0.3) is 0 Å². The van der Waals surface area contributed by atoms with E-state index in [0.29, 0.717) is 12.1 Å². The Kier molecular flexibility index (Phi) is 4.71. The lowest BCUT2D eigenvalue weighted by Crippen LogP contribution is -2.40. The average Bonchev–Trinajstić information content (AvgIpc) is 3.22. The fraction of sp³-hybridized carbons (Fsp3) is 0.625. The Morgan fingerprint density at radius 2 is 2.15 bits per heavy atom. The molecule has 2 atom stereocenters. The third-order valence-electron chi connectivity index (χ3n) is 4.60. The molecule has 1 N–H and O–H groups in total. The predicted octanol–water partition coefficient (Wildman–Crippen LogP) is 4.06. The molecule has 2 aliphatic rings. The largest absolute Gasteiger partial charge is 0.312 e. The Bertz CT molecular complexity index is 476. The van der Waals surface area contributed by atoms with E-state index < -0.39 is 0 Å². The SMILES string of the molecule is CC1CCNC(C2CC2)CN1Cc1ccc(Br)cc1Cl. The van der Waals surface area contributed by atoms with Crippen LogP contribution in [0.2, 0.25) is 5.02 Å². The van der Waals surface area contributed by atoms with Crippen LogP contribution in [-0.2, 0) is 6.54 Å². The predicted molar refractivity (Wildman–Crippen MR) is 88.2 cm³/mol. The van der Waals surface area contributed by atoms with Gasteiger partial charge in [0.15, 0.2) is 0 Å². The van der Waals surface area contributed by atoms with E-state index in [2.05, 4.69) is 45.2 Å². The number of halogens is 2. The third-order valence-corrected chi connectivity index (χ3v) is 5.45. The molecule has 20 heavy (non-hydrogen) atoms. The summed E-state index contributed by atoms with van der Waals surface area (Å²) in [7, 11) is 0. The molecule has 1 aromatic carbocycles. The fourth-order valence-corrected chi connectivity index (χ4v) is 3.79. The average molecular weight is 358 g/mol. The monoisotopic (exact) mass is 356 g/mol. The third kappa shape index (κ3) is 3.56. The molecule has 0 aromatic heterocycles. The van der Waals surface area contributed by atoms with Gasteiger partial charge in [-0.2, -0.15) is 0 Å². The molecule has 0 bridgehead atoms. The smallest absolute Gasteiger partial charge is 0.0462 e. The van der Waals surface area contributed by atoms with Crippen molar-refractivity contribution in [3.05, 3.63) is 33.3 Å². The molecule has 0 spiro atoms. The van der Waals surface area contributed by atoms with Crippen molar-refractivity contribution < 1.29 is 0 Å². The highest BCUT2D eigenvalue weighted by Gasteiger charge is 2.34. The van der Waals surface area contributed by atoms with Crippen molar-refractivity contribution in [3.63, 3.8) is 0 Å². The maximum absolute atomic E-state index is 6.38. The van der Waals surface area contributed by atoms with Gasteiger partial charge in [-0.15, -0.1) is 0 Å². The van der Waals surface area contributed by atoms with E-state index in [4.69, 9.17) is 11.6 Å². The normalized spacial score (nSPS) is 28.4. The first-order valence-electron chi connectivity index (χ1n) is 7.55. The van der Waals surface area contributed by atoms with Gasteiger partial charge in [-0.3, -0.25) is 4.90 Å². The number of hydrogen-bond acceptors (Lipinski definition) is 2. The molecule has 0 radical (unpaired) electrons. The van der Waals surface area contributed by atoms with Gasteiger partial charge in [0.05, 0.1) is 0 Å². The summed E-state index contributed by atoms with van der Waals surface area (Å²) in [6.45, 7) is 5.59. The summed E-state index contributed by atoms with van der Waals surface area (Å²) >= 11 is 9.85. The maximum Gasteiger partial charge on any atom is 0.0462 e. The Balaban J connectivity index is 1.72. The lowest BCUT2D eigenvalue weighted by Gasteiger charge is -2.29. The van der Waals surface area contributed by atoms with E-state index in [1.165, 1.54) is 24.8 Å². The number of nitrogens with zero attached hydrogens (tertiary/aromatic N) is 1. The second kappa shape index (κ2) is 6.35. The van der Waals surface area contributed by atoms with E-state index >= 15 is 0 Å². The molecule has 1 saturated heterocycles. The van der Waals surface area contributed by atoms with Crippen LogP contribution in [0.1, 0.15) is 31.7 Å². The first-order valence-corrected chi connectivity index (χ1v) is 8.72. The fourth-order valence-electron chi connectivity index (χ4n) is 3.06. The van der Waals surface area contributed by atoms with Gasteiger partial charge in [-0.05, 0) is 56.3 Å². The highest BCUT2D eigenvalue weighted by Crippen LogP contribution is 2.34. The molecule has 2 nitrogen and oxygen atoms in total. The van der Waals surface area contributed by atoms with Crippen LogP contribution in [0, 0.1) is 5.92 Å². The summed E-state index contributed by atoms with van der Waals surface area (Å²) in [5, 5.41) is 4.60. The van der Waals surface area contributed by atoms with Gasteiger partial charge in [0, 0.05) is 34.7 Å². The molecule has 3 rings (SSSR count).